The molecule has 0 fully saturated rings. The van der Waals surface area contributed by atoms with Crippen molar-refractivity contribution in [3.63, 3.8) is 0 Å². The molecule has 0 bridgehead atoms. The number of benzene rings is 3. The maximum atomic E-state index is 12.9. The number of carbonyl (C=O) groups excluding carboxylic acids is 2. The van der Waals surface area contributed by atoms with Crippen molar-refractivity contribution in [1.29, 1.82) is 0 Å². The molecule has 0 saturated carbocycles. The number of aryl methyl sites for hydroxylation is 1. The van der Waals surface area contributed by atoms with Gasteiger partial charge in [0.25, 0.3) is 5.78 Å². The molecule has 0 N–H and O–H groups in total. The van der Waals surface area contributed by atoms with Crippen molar-refractivity contribution in [3.05, 3.63) is 70.8 Å². The first-order chi connectivity index (χ1) is 15.0. The summed E-state index contributed by atoms with van der Waals surface area (Å²) in [6.07, 6.45) is 0.612. The lowest BCUT2D eigenvalue weighted by Gasteiger charge is -2.18. The average molecular weight is 422 g/mol. The SMILES string of the molecule is CCOC(=O)C(=O)c1cc(OC)c(OCOC)c2c(Cc3ccc(C)cc3)cccc12. The van der Waals surface area contributed by atoms with Crippen LogP contribution in [0, 0.1) is 6.92 Å². The number of methoxy groups -OCH3 is 2. The molecule has 0 aliphatic rings. The second kappa shape index (κ2) is 10.1. The van der Waals surface area contributed by atoms with Crippen LogP contribution < -0.4 is 9.47 Å². The summed E-state index contributed by atoms with van der Waals surface area (Å²) in [5, 5.41) is 1.29. The van der Waals surface area contributed by atoms with Gasteiger partial charge in [0.15, 0.2) is 18.3 Å². The van der Waals surface area contributed by atoms with Gasteiger partial charge in [-0.3, -0.25) is 4.79 Å². The Bertz CT molecular complexity index is 1090. The van der Waals surface area contributed by atoms with E-state index in [4.69, 9.17) is 18.9 Å². The molecular formula is C25H26O6. The van der Waals surface area contributed by atoms with Gasteiger partial charge in [0.05, 0.1) is 13.7 Å². The fourth-order valence-electron chi connectivity index (χ4n) is 3.47. The van der Waals surface area contributed by atoms with Gasteiger partial charge >= 0.3 is 5.97 Å². The zero-order valence-electron chi connectivity index (χ0n) is 18.2. The van der Waals surface area contributed by atoms with Crippen LogP contribution in [0.4, 0.5) is 0 Å². The van der Waals surface area contributed by atoms with Gasteiger partial charge in [-0.05, 0) is 42.8 Å². The third-order valence-electron chi connectivity index (χ3n) is 4.93. The molecule has 6 nitrogen and oxygen atoms in total. The molecule has 0 unspecified atom stereocenters. The van der Waals surface area contributed by atoms with Gasteiger partial charge in [0, 0.05) is 18.1 Å². The number of rotatable bonds is 9. The van der Waals surface area contributed by atoms with Crippen LogP contribution in [0.2, 0.25) is 0 Å². The first-order valence-corrected chi connectivity index (χ1v) is 10.0. The lowest BCUT2D eigenvalue weighted by Crippen LogP contribution is -2.18. The summed E-state index contributed by atoms with van der Waals surface area (Å²) in [6.45, 7) is 3.82. The molecule has 3 aromatic carbocycles. The third kappa shape index (κ3) is 4.86. The van der Waals surface area contributed by atoms with Crippen molar-refractivity contribution in [2.75, 3.05) is 27.6 Å². The number of ether oxygens (including phenoxy) is 4. The van der Waals surface area contributed by atoms with E-state index in [0.717, 1.165) is 11.1 Å². The first kappa shape index (κ1) is 22.3. The molecule has 0 amide bonds. The van der Waals surface area contributed by atoms with Crippen LogP contribution >= 0.6 is 0 Å². The Hall–Kier alpha value is -3.38. The molecule has 3 aromatic rings. The molecule has 0 atom stereocenters. The molecule has 0 radical (unpaired) electrons. The predicted molar refractivity (Wildman–Crippen MR) is 118 cm³/mol. The van der Waals surface area contributed by atoms with E-state index in [0.29, 0.717) is 28.7 Å². The Balaban J connectivity index is 2.24. The van der Waals surface area contributed by atoms with Crippen LogP contribution in [-0.4, -0.2) is 39.4 Å². The summed E-state index contributed by atoms with van der Waals surface area (Å²) in [4.78, 5) is 25.0. The Morgan fingerprint density at radius 3 is 2.39 bits per heavy atom. The minimum absolute atomic E-state index is 0.00942. The standard InChI is InChI=1S/C25H26O6/c1-5-30-25(27)23(26)20-14-21(29-4)24(31-15-28-3)22-18(7-6-8-19(20)22)13-17-11-9-16(2)10-12-17/h6-12,14H,5,13,15H2,1-4H3. The van der Waals surface area contributed by atoms with Crippen LogP contribution in [-0.2, 0) is 20.7 Å². The first-order valence-electron chi connectivity index (χ1n) is 10.0. The zero-order valence-corrected chi connectivity index (χ0v) is 18.2. The monoisotopic (exact) mass is 422 g/mol. The maximum Gasteiger partial charge on any atom is 0.379 e. The van der Waals surface area contributed by atoms with Crippen molar-refractivity contribution in [1.82, 2.24) is 0 Å². The number of Topliss-reactive ketones (excluding diaryl/α,β-unsaturated/α-hetero) is 1. The van der Waals surface area contributed by atoms with Crippen LogP contribution in [0.1, 0.15) is 34.0 Å². The van der Waals surface area contributed by atoms with Gasteiger partial charge in [-0.1, -0.05) is 48.0 Å². The van der Waals surface area contributed by atoms with E-state index in [2.05, 4.69) is 24.3 Å². The van der Waals surface area contributed by atoms with Gasteiger partial charge in [0.1, 0.15) is 0 Å². The summed E-state index contributed by atoms with van der Waals surface area (Å²) >= 11 is 0. The third-order valence-corrected chi connectivity index (χ3v) is 4.93. The number of hydrogen-bond acceptors (Lipinski definition) is 6. The van der Waals surface area contributed by atoms with Crippen LogP contribution in [0.25, 0.3) is 10.8 Å². The highest BCUT2D eigenvalue weighted by Gasteiger charge is 2.25. The van der Waals surface area contributed by atoms with Gasteiger partial charge in [0.2, 0.25) is 0 Å². The zero-order chi connectivity index (χ0) is 22.4. The Kier molecular flexibility index (Phi) is 7.26. The Labute approximate surface area is 181 Å². The lowest BCUT2D eigenvalue weighted by molar-refractivity contribution is -0.137. The van der Waals surface area contributed by atoms with Gasteiger partial charge in [-0.2, -0.15) is 0 Å². The molecule has 6 heteroatoms. The lowest BCUT2D eigenvalue weighted by atomic mass is 9.93. The van der Waals surface area contributed by atoms with Gasteiger partial charge < -0.3 is 18.9 Å². The van der Waals surface area contributed by atoms with Crippen LogP contribution in [0.3, 0.4) is 0 Å². The summed E-state index contributed by atoms with van der Waals surface area (Å²) < 4.78 is 21.4. The molecule has 0 spiro atoms. The number of fused-ring (bicyclic) bond motifs is 1. The number of carbonyl (C=O) groups is 2. The highest BCUT2D eigenvalue weighted by Crippen LogP contribution is 2.41. The minimum Gasteiger partial charge on any atom is -0.493 e. The largest absolute Gasteiger partial charge is 0.493 e. The topological polar surface area (TPSA) is 71.1 Å². The molecule has 0 heterocycles. The molecule has 0 saturated heterocycles. The Morgan fingerprint density at radius 1 is 1.00 bits per heavy atom. The van der Waals surface area contributed by atoms with Crippen molar-refractivity contribution in [2.45, 2.75) is 20.3 Å². The van der Waals surface area contributed by atoms with E-state index in [1.165, 1.54) is 25.8 Å². The fourth-order valence-corrected chi connectivity index (χ4v) is 3.47. The van der Waals surface area contributed by atoms with E-state index < -0.39 is 11.8 Å². The molecule has 0 aliphatic heterocycles. The number of esters is 1. The van der Waals surface area contributed by atoms with E-state index in [9.17, 15) is 9.59 Å². The number of hydrogen-bond donors (Lipinski definition) is 0. The van der Waals surface area contributed by atoms with Gasteiger partial charge in [-0.25, -0.2) is 4.79 Å². The van der Waals surface area contributed by atoms with Crippen molar-refractivity contribution >= 4 is 22.5 Å². The van der Waals surface area contributed by atoms with Crippen LogP contribution in [0.5, 0.6) is 11.5 Å². The van der Waals surface area contributed by atoms with Crippen molar-refractivity contribution < 1.29 is 28.5 Å². The summed E-state index contributed by atoms with van der Waals surface area (Å²) in [5.41, 5.74) is 3.43. The van der Waals surface area contributed by atoms with E-state index in [-0.39, 0.29) is 19.0 Å². The molecule has 3 rings (SSSR count). The van der Waals surface area contributed by atoms with E-state index in [1.807, 2.05) is 19.1 Å². The maximum absolute atomic E-state index is 12.9. The Morgan fingerprint density at radius 2 is 1.74 bits per heavy atom. The molecule has 0 aliphatic carbocycles. The molecule has 162 valence electrons. The van der Waals surface area contributed by atoms with E-state index >= 15 is 0 Å². The minimum atomic E-state index is -0.902. The normalized spacial score (nSPS) is 10.7. The smallest absolute Gasteiger partial charge is 0.379 e. The highest BCUT2D eigenvalue weighted by molar-refractivity contribution is 6.43. The summed E-state index contributed by atoms with van der Waals surface area (Å²) in [7, 11) is 3.02. The van der Waals surface area contributed by atoms with Gasteiger partial charge in [-0.15, -0.1) is 0 Å². The average Bonchev–Trinajstić information content (AvgIpc) is 2.78. The second-order valence-corrected chi connectivity index (χ2v) is 7.06. The molecule has 31 heavy (non-hydrogen) atoms. The highest BCUT2D eigenvalue weighted by atomic mass is 16.7. The van der Waals surface area contributed by atoms with Crippen molar-refractivity contribution in [3.8, 4) is 11.5 Å². The fraction of sp³-hybridized carbons (Fsp3) is 0.280. The van der Waals surface area contributed by atoms with Crippen molar-refractivity contribution in [2.24, 2.45) is 0 Å². The van der Waals surface area contributed by atoms with E-state index in [1.54, 1.807) is 13.0 Å². The molecule has 0 aromatic heterocycles. The molecular weight excluding hydrogens is 396 g/mol. The summed E-state index contributed by atoms with van der Waals surface area (Å²) in [5.74, 6) is -0.827. The second-order valence-electron chi connectivity index (χ2n) is 7.06. The summed E-state index contributed by atoms with van der Waals surface area (Å²) in [6, 6.07) is 15.4. The quantitative estimate of drug-likeness (QED) is 0.219. The number of ketones is 1. The predicted octanol–water partition coefficient (Wildman–Crippen LogP) is 4.48. The van der Waals surface area contributed by atoms with Crippen LogP contribution in [0.15, 0.2) is 48.5 Å².